The molecule has 0 radical (unpaired) electrons. The molecular formula is C25H17NO6. The Morgan fingerprint density at radius 1 is 0.688 bits per heavy atom. The molecule has 0 aliphatic rings. The van der Waals surface area contributed by atoms with Crippen LogP contribution in [0.15, 0.2) is 84.9 Å². The number of aromatic carboxylic acids is 2. The summed E-state index contributed by atoms with van der Waals surface area (Å²) in [5, 5.41) is 23.2. The van der Waals surface area contributed by atoms with Gasteiger partial charge in [0.25, 0.3) is 5.91 Å². The summed E-state index contributed by atoms with van der Waals surface area (Å²) in [6.07, 6.45) is 0. The molecule has 0 aromatic heterocycles. The van der Waals surface area contributed by atoms with Crippen molar-refractivity contribution in [1.29, 1.82) is 0 Å². The van der Waals surface area contributed by atoms with Crippen molar-refractivity contribution in [3.63, 3.8) is 0 Å². The quantitative estimate of drug-likeness (QED) is 0.386. The molecule has 7 nitrogen and oxygen atoms in total. The number of para-hydroxylation sites is 2. The lowest BCUT2D eigenvalue weighted by molar-refractivity contribution is 0.0651. The van der Waals surface area contributed by atoms with Crippen molar-refractivity contribution >= 4 is 34.3 Å². The summed E-state index contributed by atoms with van der Waals surface area (Å²) in [6.45, 7) is 0. The Morgan fingerprint density at radius 2 is 1.38 bits per heavy atom. The van der Waals surface area contributed by atoms with Crippen molar-refractivity contribution in [2.75, 3.05) is 5.32 Å². The maximum absolute atomic E-state index is 12.8. The molecule has 0 aliphatic heterocycles. The van der Waals surface area contributed by atoms with Crippen LogP contribution in [-0.4, -0.2) is 28.1 Å². The molecule has 32 heavy (non-hydrogen) atoms. The molecule has 158 valence electrons. The predicted octanol–water partition coefficient (Wildman–Crippen LogP) is 5.28. The second-order valence-corrected chi connectivity index (χ2v) is 6.93. The van der Waals surface area contributed by atoms with Crippen LogP contribution in [0.3, 0.4) is 0 Å². The fraction of sp³-hybridized carbons (Fsp3) is 0. The van der Waals surface area contributed by atoms with Gasteiger partial charge in [-0.05, 0) is 53.2 Å². The largest absolute Gasteiger partial charge is 0.478 e. The van der Waals surface area contributed by atoms with E-state index in [-0.39, 0.29) is 23.0 Å². The minimum atomic E-state index is -1.38. The van der Waals surface area contributed by atoms with Gasteiger partial charge < -0.3 is 20.3 Å². The molecule has 0 aliphatic carbocycles. The first kappa shape index (κ1) is 20.6. The zero-order valence-corrected chi connectivity index (χ0v) is 16.6. The first-order chi connectivity index (χ1) is 15.4. The van der Waals surface area contributed by atoms with Crippen LogP contribution >= 0.6 is 0 Å². The van der Waals surface area contributed by atoms with Gasteiger partial charge in [-0.3, -0.25) is 4.79 Å². The summed E-state index contributed by atoms with van der Waals surface area (Å²) in [5.74, 6) is -2.66. The highest BCUT2D eigenvalue weighted by atomic mass is 16.5. The summed E-state index contributed by atoms with van der Waals surface area (Å²) in [7, 11) is 0. The van der Waals surface area contributed by atoms with Gasteiger partial charge in [-0.1, -0.05) is 42.5 Å². The number of carboxylic acid groups (broad SMARTS) is 2. The molecule has 0 atom stereocenters. The lowest BCUT2D eigenvalue weighted by Gasteiger charge is -2.13. The van der Waals surface area contributed by atoms with Gasteiger partial charge in [0.1, 0.15) is 5.75 Å². The predicted molar refractivity (Wildman–Crippen MR) is 119 cm³/mol. The van der Waals surface area contributed by atoms with E-state index < -0.39 is 17.5 Å². The lowest BCUT2D eigenvalue weighted by Crippen LogP contribution is -2.12. The standard InChI is InChI=1S/C25H17NO6/c27-23(17-10-9-15-5-1-2-6-16(15)13-17)26-21-7-3-4-8-22(21)32-18-11-12-19(24(28)29)20(14-18)25(30)31/h1-14H,(H,26,27)(H,28,29)(H,30,31). The molecular weight excluding hydrogens is 410 g/mol. The van der Waals surface area contributed by atoms with Crippen LogP contribution in [0.25, 0.3) is 10.8 Å². The Balaban J connectivity index is 1.60. The van der Waals surface area contributed by atoms with E-state index in [1.807, 2.05) is 30.3 Å². The number of anilines is 1. The number of amides is 1. The molecule has 7 heteroatoms. The molecule has 4 aromatic rings. The second kappa shape index (κ2) is 8.61. The number of nitrogens with one attached hydrogen (secondary N) is 1. The molecule has 0 spiro atoms. The van der Waals surface area contributed by atoms with Crippen molar-refractivity contribution in [1.82, 2.24) is 0 Å². The van der Waals surface area contributed by atoms with Crippen LogP contribution in [0.5, 0.6) is 11.5 Å². The Morgan fingerprint density at radius 3 is 2.12 bits per heavy atom. The Bertz CT molecular complexity index is 1360. The number of benzene rings is 4. The van der Waals surface area contributed by atoms with Crippen molar-refractivity contribution < 1.29 is 29.3 Å². The third-order valence-corrected chi connectivity index (χ3v) is 4.83. The van der Waals surface area contributed by atoms with Gasteiger partial charge in [-0.2, -0.15) is 0 Å². The molecule has 0 unspecified atom stereocenters. The maximum Gasteiger partial charge on any atom is 0.336 e. The number of rotatable bonds is 6. The van der Waals surface area contributed by atoms with Gasteiger partial charge in [0.2, 0.25) is 0 Å². The van der Waals surface area contributed by atoms with Crippen LogP contribution in [0.2, 0.25) is 0 Å². The van der Waals surface area contributed by atoms with Crippen LogP contribution < -0.4 is 10.1 Å². The van der Waals surface area contributed by atoms with E-state index in [0.29, 0.717) is 11.3 Å². The van der Waals surface area contributed by atoms with E-state index in [2.05, 4.69) is 5.32 Å². The minimum absolute atomic E-state index is 0.125. The normalized spacial score (nSPS) is 10.5. The van der Waals surface area contributed by atoms with Crippen molar-refractivity contribution in [3.8, 4) is 11.5 Å². The smallest absolute Gasteiger partial charge is 0.336 e. The number of fused-ring (bicyclic) bond motifs is 1. The number of ether oxygens (including phenoxy) is 1. The Hall–Kier alpha value is -4.65. The lowest BCUT2D eigenvalue weighted by atomic mass is 10.1. The van der Waals surface area contributed by atoms with Crippen LogP contribution in [0, 0.1) is 0 Å². The zero-order valence-electron chi connectivity index (χ0n) is 16.6. The third-order valence-electron chi connectivity index (χ3n) is 4.83. The van der Waals surface area contributed by atoms with E-state index in [1.54, 1.807) is 36.4 Å². The van der Waals surface area contributed by atoms with Gasteiger partial charge in [-0.25, -0.2) is 9.59 Å². The van der Waals surface area contributed by atoms with Gasteiger partial charge in [0, 0.05) is 5.56 Å². The number of carbonyl (C=O) groups is 3. The summed E-state index contributed by atoms with van der Waals surface area (Å²) < 4.78 is 5.77. The van der Waals surface area contributed by atoms with Crippen molar-refractivity contribution in [2.24, 2.45) is 0 Å². The molecule has 0 saturated carbocycles. The second-order valence-electron chi connectivity index (χ2n) is 6.93. The molecule has 3 N–H and O–H groups in total. The Labute approximate surface area is 182 Å². The van der Waals surface area contributed by atoms with Gasteiger partial charge in [0.05, 0.1) is 16.8 Å². The fourth-order valence-electron chi connectivity index (χ4n) is 3.26. The Kier molecular flexibility index (Phi) is 5.55. The average molecular weight is 427 g/mol. The minimum Gasteiger partial charge on any atom is -0.478 e. The van der Waals surface area contributed by atoms with E-state index in [9.17, 15) is 19.5 Å². The van der Waals surface area contributed by atoms with Crippen LogP contribution in [0.4, 0.5) is 5.69 Å². The third kappa shape index (κ3) is 4.27. The highest BCUT2D eigenvalue weighted by Gasteiger charge is 2.18. The number of carbonyl (C=O) groups excluding carboxylic acids is 1. The van der Waals surface area contributed by atoms with Gasteiger partial charge >= 0.3 is 11.9 Å². The monoisotopic (exact) mass is 427 g/mol. The fourth-order valence-corrected chi connectivity index (χ4v) is 3.26. The van der Waals surface area contributed by atoms with Gasteiger partial charge in [0.15, 0.2) is 5.75 Å². The summed E-state index contributed by atoms with van der Waals surface area (Å²) in [5.41, 5.74) is 0.109. The van der Waals surface area contributed by atoms with E-state index in [1.165, 1.54) is 6.07 Å². The van der Waals surface area contributed by atoms with E-state index >= 15 is 0 Å². The number of hydrogen-bond acceptors (Lipinski definition) is 4. The molecule has 4 rings (SSSR count). The maximum atomic E-state index is 12.8. The SMILES string of the molecule is O=C(Nc1ccccc1Oc1ccc(C(=O)O)c(C(=O)O)c1)c1ccc2ccccc2c1. The molecule has 0 heterocycles. The molecule has 0 bridgehead atoms. The summed E-state index contributed by atoms with van der Waals surface area (Å²) >= 11 is 0. The highest BCUT2D eigenvalue weighted by molar-refractivity contribution is 6.07. The average Bonchev–Trinajstić information content (AvgIpc) is 2.79. The van der Waals surface area contributed by atoms with E-state index in [4.69, 9.17) is 9.84 Å². The molecule has 0 fully saturated rings. The van der Waals surface area contributed by atoms with Gasteiger partial charge in [-0.15, -0.1) is 0 Å². The summed E-state index contributed by atoms with van der Waals surface area (Å²) in [4.78, 5) is 35.5. The first-order valence-electron chi connectivity index (χ1n) is 9.60. The molecule has 1 amide bonds. The summed E-state index contributed by atoms with van der Waals surface area (Å²) in [6, 6.07) is 23.4. The van der Waals surface area contributed by atoms with Crippen LogP contribution in [-0.2, 0) is 0 Å². The highest BCUT2D eigenvalue weighted by Crippen LogP contribution is 2.31. The zero-order chi connectivity index (χ0) is 22.7. The van der Waals surface area contributed by atoms with Crippen molar-refractivity contribution in [2.45, 2.75) is 0 Å². The topological polar surface area (TPSA) is 113 Å². The molecule has 4 aromatic carbocycles. The first-order valence-corrected chi connectivity index (χ1v) is 9.60. The van der Waals surface area contributed by atoms with E-state index in [0.717, 1.165) is 22.9 Å². The van der Waals surface area contributed by atoms with Crippen LogP contribution in [0.1, 0.15) is 31.1 Å². The number of carboxylic acids is 2. The number of hydrogen-bond donors (Lipinski definition) is 3. The van der Waals surface area contributed by atoms with Crippen molar-refractivity contribution in [3.05, 3.63) is 102 Å². The molecule has 0 saturated heterocycles.